The number of fused-ring (bicyclic) bond motifs is 7. The highest BCUT2D eigenvalue weighted by Crippen LogP contribution is 2.43. The number of para-hydroxylation sites is 1. The average molecular weight is 661 g/mol. The van der Waals surface area contributed by atoms with E-state index in [1.165, 1.54) is 10.1 Å². The molecule has 3 aromatic heterocycles. The SMILES string of the molecule is [2H]c1c([2H])c(-n2c3ccccc3c3c4sc5ccccc5c4ccc32)c([2H])c([2H])c1-c1ccc(-c2nc(-c3ccccc3)nc(-c3ccccc3)n2)cc1. The molecule has 0 bridgehead atoms. The van der Waals surface area contributed by atoms with Gasteiger partial charge in [0.1, 0.15) is 0 Å². The van der Waals surface area contributed by atoms with Crippen molar-refractivity contribution in [3.05, 3.63) is 170 Å². The van der Waals surface area contributed by atoms with Crippen LogP contribution in [0.5, 0.6) is 0 Å². The first-order valence-corrected chi connectivity index (χ1v) is 17.2. The zero-order valence-corrected chi connectivity index (χ0v) is 27.4. The van der Waals surface area contributed by atoms with Crippen LogP contribution in [0, 0.1) is 0 Å². The molecule has 0 atom stereocenters. The largest absolute Gasteiger partial charge is 0.309 e. The second-order valence-electron chi connectivity index (χ2n) is 12.1. The summed E-state index contributed by atoms with van der Waals surface area (Å²) in [4.78, 5) is 14.4. The van der Waals surface area contributed by atoms with Crippen LogP contribution in [0.25, 0.3) is 93.0 Å². The smallest absolute Gasteiger partial charge is 0.164 e. The van der Waals surface area contributed by atoms with Crippen LogP contribution in [-0.2, 0) is 0 Å². The molecule has 0 aliphatic heterocycles. The number of thiophene rings is 1. The lowest BCUT2D eigenvalue weighted by molar-refractivity contribution is 1.07. The van der Waals surface area contributed by atoms with Crippen molar-refractivity contribution in [2.75, 3.05) is 0 Å². The summed E-state index contributed by atoms with van der Waals surface area (Å²) in [6.07, 6.45) is 0. The number of rotatable bonds is 5. The van der Waals surface area contributed by atoms with Crippen molar-refractivity contribution in [2.45, 2.75) is 0 Å². The van der Waals surface area contributed by atoms with Gasteiger partial charge in [-0.3, -0.25) is 0 Å². The first-order valence-electron chi connectivity index (χ1n) is 18.4. The summed E-state index contributed by atoms with van der Waals surface area (Å²) in [6.45, 7) is 0. The van der Waals surface area contributed by atoms with E-state index in [9.17, 15) is 5.48 Å². The van der Waals surface area contributed by atoms with Gasteiger partial charge in [0, 0.05) is 53.3 Å². The van der Waals surface area contributed by atoms with Crippen LogP contribution in [0.2, 0.25) is 0 Å². The number of hydrogen-bond acceptors (Lipinski definition) is 4. The minimum atomic E-state index is -0.106. The topological polar surface area (TPSA) is 43.6 Å². The third-order valence-electron chi connectivity index (χ3n) is 9.15. The fourth-order valence-corrected chi connectivity index (χ4v) is 8.02. The summed E-state index contributed by atoms with van der Waals surface area (Å²) in [5, 5.41) is 4.41. The molecule has 3 heterocycles. The highest BCUT2D eigenvalue weighted by atomic mass is 32.1. The van der Waals surface area contributed by atoms with E-state index >= 15 is 0 Å². The molecule has 10 rings (SSSR count). The van der Waals surface area contributed by atoms with E-state index in [1.807, 2.05) is 120 Å². The van der Waals surface area contributed by atoms with Gasteiger partial charge in [-0.25, -0.2) is 15.0 Å². The summed E-state index contributed by atoms with van der Waals surface area (Å²) in [7, 11) is 0. The fraction of sp³-hybridized carbons (Fsp3) is 0. The summed E-state index contributed by atoms with van der Waals surface area (Å²) in [6, 6.07) is 47.0. The first-order chi connectivity index (χ1) is 26.5. The summed E-state index contributed by atoms with van der Waals surface area (Å²) >= 11 is 1.73. The van der Waals surface area contributed by atoms with Crippen molar-refractivity contribution in [1.82, 2.24) is 19.5 Å². The van der Waals surface area contributed by atoms with Crippen molar-refractivity contribution in [3.63, 3.8) is 0 Å². The molecule has 0 saturated carbocycles. The number of aromatic nitrogens is 4. The lowest BCUT2D eigenvalue weighted by Gasteiger charge is -2.10. The van der Waals surface area contributed by atoms with E-state index in [2.05, 4.69) is 30.3 Å². The van der Waals surface area contributed by atoms with Gasteiger partial charge in [-0.1, -0.05) is 139 Å². The lowest BCUT2D eigenvalue weighted by atomic mass is 10.0. The van der Waals surface area contributed by atoms with Crippen LogP contribution in [0.1, 0.15) is 5.48 Å². The van der Waals surface area contributed by atoms with Gasteiger partial charge in [0.15, 0.2) is 17.5 Å². The van der Waals surface area contributed by atoms with E-state index in [4.69, 9.17) is 15.0 Å². The zero-order valence-electron chi connectivity index (χ0n) is 30.6. The second-order valence-corrected chi connectivity index (χ2v) is 13.2. The highest BCUT2D eigenvalue weighted by Gasteiger charge is 2.17. The molecule has 0 aliphatic rings. The maximum atomic E-state index is 9.35. The maximum absolute atomic E-state index is 9.35. The standard InChI is InChI=1S/C45H28N4S/c1-3-11-31(12-4-1)43-46-44(32-13-5-2-6-14-32)48-45(47-43)33-21-19-29(20-22-33)30-23-25-34(26-24-30)49-38-17-9-7-16-37(38)41-39(49)28-27-36-35-15-8-10-18-40(35)50-42(36)41/h1-28H/i23D,24D,25D,26D. The molecule has 10 aromatic rings. The predicted molar refractivity (Wildman–Crippen MR) is 209 cm³/mol. The zero-order chi connectivity index (χ0) is 36.5. The monoisotopic (exact) mass is 660 g/mol. The van der Waals surface area contributed by atoms with E-state index in [0.29, 0.717) is 23.0 Å². The van der Waals surface area contributed by atoms with Crippen molar-refractivity contribution in [1.29, 1.82) is 0 Å². The summed E-state index contributed by atoms with van der Waals surface area (Å²) in [5.74, 6) is 1.59. The van der Waals surface area contributed by atoms with Crippen molar-refractivity contribution < 1.29 is 5.48 Å². The van der Waals surface area contributed by atoms with Gasteiger partial charge in [0.25, 0.3) is 0 Å². The number of hydrogen-bond donors (Lipinski definition) is 0. The Bertz CT molecular complexity index is 3000. The highest BCUT2D eigenvalue weighted by molar-refractivity contribution is 7.26. The molecule has 5 heteroatoms. The van der Waals surface area contributed by atoms with Crippen molar-refractivity contribution in [2.24, 2.45) is 0 Å². The molecule has 50 heavy (non-hydrogen) atoms. The molecule has 0 spiro atoms. The minimum Gasteiger partial charge on any atom is -0.309 e. The summed E-state index contributed by atoms with van der Waals surface area (Å²) in [5.41, 5.74) is 5.18. The van der Waals surface area contributed by atoms with Crippen molar-refractivity contribution >= 4 is 53.3 Å². The second kappa shape index (κ2) is 11.6. The Labute approximate surface area is 298 Å². The Kier molecular flexibility index (Phi) is 5.73. The van der Waals surface area contributed by atoms with Gasteiger partial charge in [-0.05, 0) is 41.4 Å². The van der Waals surface area contributed by atoms with Crippen molar-refractivity contribution in [3.8, 4) is 51.0 Å². The quantitative estimate of drug-likeness (QED) is 0.184. The van der Waals surface area contributed by atoms with Crippen LogP contribution in [0.15, 0.2) is 170 Å². The Hall–Kier alpha value is -6.43. The molecular formula is C45H28N4S. The molecule has 0 amide bonds. The van der Waals surface area contributed by atoms with E-state index in [-0.39, 0.29) is 35.4 Å². The molecule has 0 aliphatic carbocycles. The van der Waals surface area contributed by atoms with Gasteiger partial charge in [-0.2, -0.15) is 0 Å². The molecule has 4 nitrogen and oxygen atoms in total. The number of nitrogens with zero attached hydrogens (tertiary/aromatic N) is 4. The molecule has 0 fully saturated rings. The maximum Gasteiger partial charge on any atom is 0.164 e. The fourth-order valence-electron chi connectivity index (χ4n) is 6.76. The van der Waals surface area contributed by atoms with Gasteiger partial charge < -0.3 is 4.57 Å². The molecule has 0 radical (unpaired) electrons. The van der Waals surface area contributed by atoms with Crippen LogP contribution in [0.3, 0.4) is 0 Å². The minimum absolute atomic E-state index is 0.105. The molecule has 0 unspecified atom stereocenters. The Morgan fingerprint density at radius 2 is 0.960 bits per heavy atom. The Morgan fingerprint density at radius 3 is 1.62 bits per heavy atom. The van der Waals surface area contributed by atoms with Gasteiger partial charge >= 0.3 is 0 Å². The van der Waals surface area contributed by atoms with Crippen LogP contribution >= 0.6 is 11.3 Å². The van der Waals surface area contributed by atoms with E-state index in [0.717, 1.165) is 48.6 Å². The third kappa shape index (κ3) is 4.71. The summed E-state index contributed by atoms with van der Waals surface area (Å²) < 4.78 is 41.5. The Morgan fingerprint density at radius 1 is 0.420 bits per heavy atom. The molecule has 7 aromatic carbocycles. The average Bonchev–Trinajstić information content (AvgIpc) is 3.77. The van der Waals surface area contributed by atoms with Gasteiger partial charge in [0.05, 0.1) is 16.5 Å². The first kappa shape index (κ1) is 24.7. The molecular weight excluding hydrogens is 629 g/mol. The lowest BCUT2D eigenvalue weighted by Crippen LogP contribution is -2.00. The van der Waals surface area contributed by atoms with Crippen LogP contribution in [0.4, 0.5) is 0 Å². The van der Waals surface area contributed by atoms with Gasteiger partial charge in [0.2, 0.25) is 0 Å². The van der Waals surface area contributed by atoms with Gasteiger partial charge in [-0.15, -0.1) is 11.3 Å². The van der Waals surface area contributed by atoms with Crippen LogP contribution in [-0.4, -0.2) is 19.5 Å². The Balaban J connectivity index is 1.11. The predicted octanol–water partition coefficient (Wildman–Crippen LogP) is 12.0. The van der Waals surface area contributed by atoms with E-state index in [1.54, 1.807) is 11.3 Å². The third-order valence-corrected chi connectivity index (χ3v) is 10.4. The molecule has 234 valence electrons. The number of benzene rings is 7. The molecule has 0 saturated heterocycles. The van der Waals surface area contributed by atoms with E-state index < -0.39 is 0 Å². The molecule has 0 N–H and O–H groups in total. The van der Waals surface area contributed by atoms with Crippen LogP contribution < -0.4 is 0 Å². The normalized spacial score (nSPS) is 12.7.